The van der Waals surface area contributed by atoms with Crippen molar-refractivity contribution in [2.45, 2.75) is 17.7 Å². The van der Waals surface area contributed by atoms with Gasteiger partial charge in [0.1, 0.15) is 0 Å². The monoisotopic (exact) mass is 254 g/mol. The summed E-state index contributed by atoms with van der Waals surface area (Å²) in [5, 5.41) is 1.83. The zero-order chi connectivity index (χ0) is 11.6. The van der Waals surface area contributed by atoms with Gasteiger partial charge in [-0.2, -0.15) is 0 Å². The summed E-state index contributed by atoms with van der Waals surface area (Å²) in [6.07, 6.45) is 1.55. The normalized spacial score (nSPS) is 11.6. The van der Waals surface area contributed by atoms with Crippen LogP contribution in [0.3, 0.4) is 0 Å². The zero-order valence-corrected chi connectivity index (χ0v) is 10.3. The summed E-state index contributed by atoms with van der Waals surface area (Å²) in [4.78, 5) is 7.87. The molecule has 0 atom stereocenters. The van der Waals surface area contributed by atoms with Gasteiger partial charge in [-0.25, -0.2) is 18.4 Å². The van der Waals surface area contributed by atoms with Gasteiger partial charge < -0.3 is 0 Å². The molecule has 16 heavy (non-hydrogen) atoms. The summed E-state index contributed by atoms with van der Waals surface area (Å²) >= 11 is 1.38. The van der Waals surface area contributed by atoms with Gasteiger partial charge in [0, 0.05) is 11.6 Å². The van der Waals surface area contributed by atoms with Crippen LogP contribution in [0.25, 0.3) is 0 Å². The van der Waals surface area contributed by atoms with E-state index < -0.39 is 9.84 Å². The molecular weight excluding hydrogens is 244 g/mol. The maximum atomic E-state index is 11.9. The van der Waals surface area contributed by atoms with Gasteiger partial charge in [-0.05, 0) is 18.6 Å². The molecule has 2 aromatic heterocycles. The molecule has 0 bridgehead atoms. The largest absolute Gasteiger partial charge is 0.249 e. The quantitative estimate of drug-likeness (QED) is 0.838. The smallest absolute Gasteiger partial charge is 0.201 e. The number of sulfone groups is 1. The molecule has 0 saturated carbocycles. The third kappa shape index (κ3) is 2.45. The van der Waals surface area contributed by atoms with Gasteiger partial charge in [-0.1, -0.05) is 6.07 Å². The minimum absolute atomic E-state index is 0.0907. The van der Waals surface area contributed by atoms with Crippen molar-refractivity contribution in [3.8, 4) is 0 Å². The van der Waals surface area contributed by atoms with Crippen molar-refractivity contribution in [3.63, 3.8) is 0 Å². The van der Waals surface area contributed by atoms with Crippen molar-refractivity contribution in [2.24, 2.45) is 0 Å². The van der Waals surface area contributed by atoms with Gasteiger partial charge in [-0.15, -0.1) is 11.3 Å². The minimum Gasteiger partial charge on any atom is -0.249 e. The number of rotatable bonds is 3. The molecule has 2 aromatic rings. The fourth-order valence-corrected chi connectivity index (χ4v) is 3.06. The van der Waals surface area contributed by atoms with E-state index >= 15 is 0 Å². The molecule has 0 saturated heterocycles. The molecule has 0 spiro atoms. The molecule has 0 aliphatic rings. The summed E-state index contributed by atoms with van der Waals surface area (Å²) in [5.41, 5.74) is 3.12. The standard InChI is InChI=1S/C10H10N2O2S2/c1-8-2-3-10(11-4-8)16(13,14)6-9-5-15-7-12-9/h2-5,7H,6H2,1H3. The van der Waals surface area contributed by atoms with E-state index in [1.165, 1.54) is 17.4 Å². The van der Waals surface area contributed by atoms with Crippen LogP contribution in [0.5, 0.6) is 0 Å². The number of nitrogens with zero attached hydrogens (tertiary/aromatic N) is 2. The van der Waals surface area contributed by atoms with Crippen LogP contribution >= 0.6 is 11.3 Å². The Bertz CT molecular complexity index is 559. The molecule has 84 valence electrons. The summed E-state index contributed by atoms with van der Waals surface area (Å²) < 4.78 is 23.8. The lowest BCUT2D eigenvalue weighted by atomic mass is 10.3. The third-order valence-corrected chi connectivity index (χ3v) is 4.21. The third-order valence-electron chi connectivity index (χ3n) is 2.02. The highest BCUT2D eigenvalue weighted by atomic mass is 32.2. The second-order valence-electron chi connectivity index (χ2n) is 3.41. The Morgan fingerprint density at radius 2 is 2.12 bits per heavy atom. The molecule has 0 unspecified atom stereocenters. The maximum absolute atomic E-state index is 11.9. The van der Waals surface area contributed by atoms with Crippen LogP contribution in [0.4, 0.5) is 0 Å². The Morgan fingerprint density at radius 3 is 2.69 bits per heavy atom. The molecule has 0 aromatic carbocycles. The van der Waals surface area contributed by atoms with Crippen LogP contribution in [-0.4, -0.2) is 18.4 Å². The first kappa shape index (κ1) is 11.2. The van der Waals surface area contributed by atoms with E-state index in [2.05, 4.69) is 9.97 Å². The Hall–Kier alpha value is -1.27. The average molecular weight is 254 g/mol. The second-order valence-corrected chi connectivity index (χ2v) is 6.07. The molecule has 6 heteroatoms. The van der Waals surface area contributed by atoms with Crippen LogP contribution in [-0.2, 0) is 15.6 Å². The molecule has 4 nitrogen and oxygen atoms in total. The molecule has 2 rings (SSSR count). The lowest BCUT2D eigenvalue weighted by Crippen LogP contribution is -2.07. The fourth-order valence-electron chi connectivity index (χ4n) is 1.22. The first-order valence-electron chi connectivity index (χ1n) is 4.60. The van der Waals surface area contributed by atoms with Crippen LogP contribution in [0.15, 0.2) is 34.2 Å². The Morgan fingerprint density at radius 1 is 1.31 bits per heavy atom. The van der Waals surface area contributed by atoms with Gasteiger partial charge in [-0.3, -0.25) is 0 Å². The predicted octanol–water partition coefficient (Wildman–Crippen LogP) is 1.82. The highest BCUT2D eigenvalue weighted by molar-refractivity contribution is 7.90. The maximum Gasteiger partial charge on any atom is 0.201 e. The van der Waals surface area contributed by atoms with Crippen molar-refractivity contribution in [1.82, 2.24) is 9.97 Å². The average Bonchev–Trinajstić information content (AvgIpc) is 2.70. The molecular formula is C10H10N2O2S2. The fraction of sp³-hybridized carbons (Fsp3) is 0.200. The first-order valence-corrected chi connectivity index (χ1v) is 7.20. The molecule has 0 amide bonds. The molecule has 0 N–H and O–H groups in total. The molecule has 2 heterocycles. The van der Waals surface area contributed by atoms with Crippen molar-refractivity contribution < 1.29 is 8.42 Å². The SMILES string of the molecule is Cc1ccc(S(=O)(=O)Cc2cscn2)nc1. The molecule has 0 aliphatic carbocycles. The highest BCUT2D eigenvalue weighted by Gasteiger charge is 2.17. The zero-order valence-electron chi connectivity index (χ0n) is 8.62. The van der Waals surface area contributed by atoms with Crippen molar-refractivity contribution in [2.75, 3.05) is 0 Å². The number of aromatic nitrogens is 2. The predicted molar refractivity (Wildman–Crippen MR) is 62.0 cm³/mol. The topological polar surface area (TPSA) is 59.9 Å². The van der Waals surface area contributed by atoms with E-state index in [0.29, 0.717) is 5.69 Å². The number of hydrogen-bond donors (Lipinski definition) is 0. The minimum atomic E-state index is -3.37. The van der Waals surface area contributed by atoms with E-state index in [1.807, 2.05) is 6.92 Å². The van der Waals surface area contributed by atoms with Gasteiger partial charge in [0.2, 0.25) is 9.84 Å². The molecule has 0 fully saturated rings. The number of pyridine rings is 1. The lowest BCUT2D eigenvalue weighted by molar-refractivity contribution is 0.591. The van der Waals surface area contributed by atoms with Gasteiger partial charge in [0.15, 0.2) is 5.03 Å². The van der Waals surface area contributed by atoms with E-state index in [1.54, 1.807) is 23.2 Å². The van der Waals surface area contributed by atoms with E-state index in [4.69, 9.17) is 0 Å². The Kier molecular flexibility index (Phi) is 3.02. The second kappa shape index (κ2) is 4.31. The van der Waals surface area contributed by atoms with Crippen LogP contribution in [0, 0.1) is 6.92 Å². The van der Waals surface area contributed by atoms with Crippen LogP contribution in [0.2, 0.25) is 0 Å². The highest BCUT2D eigenvalue weighted by Crippen LogP contribution is 2.14. The van der Waals surface area contributed by atoms with Gasteiger partial charge in [0.25, 0.3) is 0 Å². The summed E-state index contributed by atoms with van der Waals surface area (Å²) in [6.45, 7) is 1.86. The first-order chi connectivity index (χ1) is 7.58. The summed E-state index contributed by atoms with van der Waals surface area (Å²) in [7, 11) is -3.37. The lowest BCUT2D eigenvalue weighted by Gasteiger charge is -2.01. The van der Waals surface area contributed by atoms with E-state index in [9.17, 15) is 8.42 Å². The van der Waals surface area contributed by atoms with Crippen molar-refractivity contribution >= 4 is 21.2 Å². The number of hydrogen-bond acceptors (Lipinski definition) is 5. The van der Waals surface area contributed by atoms with Gasteiger partial charge >= 0.3 is 0 Å². The van der Waals surface area contributed by atoms with Crippen LogP contribution in [0.1, 0.15) is 11.3 Å². The van der Waals surface area contributed by atoms with E-state index in [0.717, 1.165) is 5.56 Å². The van der Waals surface area contributed by atoms with Gasteiger partial charge in [0.05, 0.1) is 17.0 Å². The Labute approximate surface area is 97.9 Å². The Balaban J connectivity index is 2.29. The molecule has 0 radical (unpaired) electrons. The van der Waals surface area contributed by atoms with E-state index in [-0.39, 0.29) is 10.8 Å². The van der Waals surface area contributed by atoms with Crippen LogP contribution < -0.4 is 0 Å². The number of thiazole rings is 1. The summed E-state index contributed by atoms with van der Waals surface area (Å²) in [6, 6.07) is 3.26. The summed E-state index contributed by atoms with van der Waals surface area (Å²) in [5.74, 6) is -0.0907. The molecule has 0 aliphatic heterocycles. The van der Waals surface area contributed by atoms with Crippen molar-refractivity contribution in [1.29, 1.82) is 0 Å². The number of aryl methyl sites for hydroxylation is 1. The van der Waals surface area contributed by atoms with Crippen molar-refractivity contribution in [3.05, 3.63) is 40.5 Å².